The number of amides is 2. The lowest BCUT2D eigenvalue weighted by Gasteiger charge is -2.13. The molecule has 29 heavy (non-hydrogen) atoms. The largest absolute Gasteiger partial charge is 0.370 e. The highest BCUT2D eigenvalue weighted by atomic mass is 35.5. The van der Waals surface area contributed by atoms with Crippen LogP contribution in [-0.4, -0.2) is 41.3 Å². The highest BCUT2D eigenvalue weighted by molar-refractivity contribution is 6.01. The third-order valence-electron chi connectivity index (χ3n) is 3.43. The lowest BCUT2D eigenvalue weighted by Crippen LogP contribution is -2.36. The molecule has 1 aromatic rings. The average molecular weight is 452 g/mol. The summed E-state index contributed by atoms with van der Waals surface area (Å²) < 4.78 is 0. The first kappa shape index (κ1) is 28.6. The lowest BCUT2D eigenvalue weighted by atomic mass is 10.1. The number of carbonyl (C=O) groups is 2. The molecule has 2 amide bonds. The van der Waals surface area contributed by atoms with Crippen LogP contribution in [-0.2, 0) is 4.79 Å². The maximum absolute atomic E-state index is 12.2. The highest BCUT2D eigenvalue weighted by Gasteiger charge is 2.22. The Morgan fingerprint density at radius 2 is 1.86 bits per heavy atom. The van der Waals surface area contributed by atoms with Crippen LogP contribution in [0.4, 0.5) is 11.4 Å². The van der Waals surface area contributed by atoms with Crippen molar-refractivity contribution in [1.82, 2.24) is 5.32 Å². The molecule has 0 bridgehead atoms. The molecule has 11 nitrogen and oxygen atoms in total. The molecule has 0 aliphatic carbocycles. The topological polar surface area (TPSA) is 192 Å². The van der Waals surface area contributed by atoms with Gasteiger partial charge < -0.3 is 27.8 Å². The van der Waals surface area contributed by atoms with Crippen molar-refractivity contribution in [1.29, 1.82) is 0 Å². The number of nitrogens with zero attached hydrogens (tertiary/aromatic N) is 2. The number of nitro groups is 1. The third-order valence-corrected chi connectivity index (χ3v) is 3.43. The van der Waals surface area contributed by atoms with Crippen molar-refractivity contribution in [2.45, 2.75) is 38.8 Å². The van der Waals surface area contributed by atoms with E-state index in [9.17, 15) is 19.7 Å². The Bertz CT molecular complexity index is 740. The van der Waals surface area contributed by atoms with E-state index in [2.05, 4.69) is 15.6 Å². The Morgan fingerprint density at radius 3 is 2.38 bits per heavy atom. The maximum atomic E-state index is 12.2. The zero-order valence-electron chi connectivity index (χ0n) is 16.1. The van der Waals surface area contributed by atoms with Crippen molar-refractivity contribution in [3.8, 4) is 0 Å². The van der Waals surface area contributed by atoms with E-state index >= 15 is 0 Å². The molecule has 0 radical (unpaired) electrons. The van der Waals surface area contributed by atoms with Gasteiger partial charge in [0.2, 0.25) is 5.91 Å². The molecule has 8 N–H and O–H groups in total. The van der Waals surface area contributed by atoms with Gasteiger partial charge in [-0.05, 0) is 38.8 Å². The van der Waals surface area contributed by atoms with Gasteiger partial charge in [-0.1, -0.05) is 0 Å². The zero-order valence-corrected chi connectivity index (χ0v) is 17.7. The van der Waals surface area contributed by atoms with Gasteiger partial charge in [-0.2, -0.15) is 0 Å². The predicted molar refractivity (Wildman–Crippen MR) is 117 cm³/mol. The van der Waals surface area contributed by atoms with Gasteiger partial charge in [-0.3, -0.25) is 24.7 Å². The molecular formula is C16H27Cl2N7O4. The van der Waals surface area contributed by atoms with Crippen molar-refractivity contribution in [3.63, 3.8) is 0 Å². The number of carbonyl (C=O) groups excluding carboxylic acids is 2. The minimum atomic E-state index is -0.817. The summed E-state index contributed by atoms with van der Waals surface area (Å²) in [4.78, 5) is 38.6. The fourth-order valence-electron chi connectivity index (χ4n) is 2.18. The van der Waals surface area contributed by atoms with Gasteiger partial charge in [0.05, 0.1) is 11.0 Å². The number of nitro benzene ring substituents is 1. The van der Waals surface area contributed by atoms with E-state index in [-0.39, 0.29) is 53.8 Å². The minimum absolute atomic E-state index is 0. The Hall–Kier alpha value is -2.63. The van der Waals surface area contributed by atoms with E-state index in [0.29, 0.717) is 19.4 Å². The molecule has 0 aliphatic heterocycles. The standard InChI is InChI=1S/C16H25N7O4.2ClH/c1-9(2)21-14(24)11-8-10(5-6-13(11)23(26)27)22-15(25)12(17)4-3-7-20-16(18)19;;/h5-6,8-9,12H,3-4,7,17H2,1-2H3,(H,21,24)(H,22,25)(H4,18,19,20);2*1H. The van der Waals surface area contributed by atoms with Crippen LogP contribution in [0.25, 0.3) is 0 Å². The van der Waals surface area contributed by atoms with E-state index in [4.69, 9.17) is 17.2 Å². The van der Waals surface area contributed by atoms with E-state index in [1.807, 2.05) is 0 Å². The Morgan fingerprint density at radius 1 is 1.24 bits per heavy atom. The molecule has 0 saturated carbocycles. The van der Waals surface area contributed by atoms with Crippen molar-refractivity contribution < 1.29 is 14.5 Å². The number of hydrogen-bond donors (Lipinski definition) is 5. The summed E-state index contributed by atoms with van der Waals surface area (Å²) in [6.45, 7) is 3.81. The molecule has 0 saturated heterocycles. The number of rotatable bonds is 9. The van der Waals surface area contributed by atoms with Gasteiger partial charge in [0.25, 0.3) is 11.6 Å². The first-order chi connectivity index (χ1) is 12.6. The number of hydrogen-bond acceptors (Lipinski definition) is 6. The summed E-state index contributed by atoms with van der Waals surface area (Å²) in [6.07, 6.45) is 0.852. The molecule has 0 aliphatic rings. The van der Waals surface area contributed by atoms with Crippen molar-refractivity contribution >= 4 is 54.0 Å². The first-order valence-corrected chi connectivity index (χ1v) is 8.33. The maximum Gasteiger partial charge on any atom is 0.282 e. The van der Waals surface area contributed by atoms with Crippen LogP contribution >= 0.6 is 24.8 Å². The van der Waals surface area contributed by atoms with Crippen LogP contribution in [0.3, 0.4) is 0 Å². The summed E-state index contributed by atoms with van der Waals surface area (Å²) in [6, 6.07) is 2.74. The molecule has 0 aromatic heterocycles. The number of halogens is 2. The van der Waals surface area contributed by atoms with Gasteiger partial charge in [0, 0.05) is 24.3 Å². The van der Waals surface area contributed by atoms with Gasteiger partial charge in [0.1, 0.15) is 5.56 Å². The van der Waals surface area contributed by atoms with Crippen LogP contribution < -0.4 is 27.8 Å². The van der Waals surface area contributed by atoms with Crippen LogP contribution in [0.2, 0.25) is 0 Å². The quantitative estimate of drug-likeness (QED) is 0.121. The van der Waals surface area contributed by atoms with E-state index in [0.717, 1.165) is 6.07 Å². The molecule has 1 unspecified atom stereocenters. The van der Waals surface area contributed by atoms with Crippen molar-refractivity contribution in [2.75, 3.05) is 11.9 Å². The highest BCUT2D eigenvalue weighted by Crippen LogP contribution is 2.23. The second kappa shape index (κ2) is 13.5. The van der Waals surface area contributed by atoms with E-state index < -0.39 is 22.8 Å². The van der Waals surface area contributed by atoms with Crippen LogP contribution in [0, 0.1) is 10.1 Å². The van der Waals surface area contributed by atoms with Gasteiger partial charge in [0.15, 0.2) is 5.96 Å². The van der Waals surface area contributed by atoms with Crippen molar-refractivity contribution in [3.05, 3.63) is 33.9 Å². The molecule has 13 heteroatoms. The molecule has 1 atom stereocenters. The molecule has 1 rings (SSSR count). The number of nitrogens with two attached hydrogens (primary N) is 3. The smallest absolute Gasteiger partial charge is 0.282 e. The molecule has 164 valence electrons. The molecule has 0 fully saturated rings. The first-order valence-electron chi connectivity index (χ1n) is 8.33. The Kier molecular flexibility index (Phi) is 13.3. The summed E-state index contributed by atoms with van der Waals surface area (Å²) in [7, 11) is 0. The number of guanidine groups is 1. The minimum Gasteiger partial charge on any atom is -0.370 e. The van der Waals surface area contributed by atoms with Gasteiger partial charge >= 0.3 is 0 Å². The second-order valence-electron chi connectivity index (χ2n) is 6.16. The van der Waals surface area contributed by atoms with Crippen LogP contribution in [0.1, 0.15) is 37.0 Å². The molecular weight excluding hydrogens is 425 g/mol. The number of benzene rings is 1. The predicted octanol–water partition coefficient (Wildman–Crippen LogP) is 0.896. The van der Waals surface area contributed by atoms with Gasteiger partial charge in [-0.15, -0.1) is 24.8 Å². The zero-order chi connectivity index (χ0) is 20.6. The normalized spacial score (nSPS) is 10.8. The average Bonchev–Trinajstić information content (AvgIpc) is 2.57. The number of nitrogens with one attached hydrogen (secondary N) is 2. The molecule has 0 heterocycles. The lowest BCUT2D eigenvalue weighted by molar-refractivity contribution is -0.385. The monoisotopic (exact) mass is 451 g/mol. The van der Waals surface area contributed by atoms with E-state index in [1.54, 1.807) is 13.8 Å². The Labute approximate surface area is 180 Å². The van der Waals surface area contributed by atoms with Crippen LogP contribution in [0.15, 0.2) is 23.2 Å². The number of anilines is 1. The summed E-state index contributed by atoms with van der Waals surface area (Å²) >= 11 is 0. The Balaban J connectivity index is 0. The molecule has 1 aromatic carbocycles. The molecule has 0 spiro atoms. The third kappa shape index (κ3) is 9.92. The second-order valence-corrected chi connectivity index (χ2v) is 6.16. The SMILES string of the molecule is CC(C)NC(=O)c1cc(NC(=O)C(N)CCCN=C(N)N)ccc1[N+](=O)[O-].Cl.Cl. The van der Waals surface area contributed by atoms with E-state index in [1.165, 1.54) is 12.1 Å². The fraction of sp³-hybridized carbons (Fsp3) is 0.438. The van der Waals surface area contributed by atoms with Crippen LogP contribution in [0.5, 0.6) is 0 Å². The number of aliphatic imine (C=N–C) groups is 1. The van der Waals surface area contributed by atoms with Crippen molar-refractivity contribution in [2.24, 2.45) is 22.2 Å². The fourth-order valence-corrected chi connectivity index (χ4v) is 2.18. The summed E-state index contributed by atoms with van der Waals surface area (Å²) in [5.74, 6) is -1.12. The summed E-state index contributed by atoms with van der Waals surface area (Å²) in [5.41, 5.74) is 16.0. The van der Waals surface area contributed by atoms with Gasteiger partial charge in [-0.25, -0.2) is 0 Å². The summed E-state index contributed by atoms with van der Waals surface area (Å²) in [5, 5.41) is 16.3.